The molecule has 2 bridgehead atoms. The lowest BCUT2D eigenvalue weighted by Gasteiger charge is -2.24. The van der Waals surface area contributed by atoms with Crippen LogP contribution in [0.4, 0.5) is 20.3 Å². The topological polar surface area (TPSA) is 244 Å². The molecule has 3 aliphatic heterocycles. The number of nitrogens with zero attached hydrogens (tertiary/aromatic N) is 7. The van der Waals surface area contributed by atoms with Crippen molar-refractivity contribution in [3.05, 3.63) is 31.2 Å². The number of rotatable bonds is 2. The first kappa shape index (κ1) is 29.3. The minimum atomic E-state index is -5.13. The summed E-state index contributed by atoms with van der Waals surface area (Å²) >= 11 is 0. The Morgan fingerprint density at radius 1 is 0.932 bits per heavy atom. The number of aromatic nitrogens is 7. The van der Waals surface area contributed by atoms with E-state index < -0.39 is 85.9 Å². The Morgan fingerprint density at radius 2 is 1.64 bits per heavy atom. The highest BCUT2D eigenvalue weighted by Gasteiger charge is 2.54. The molecule has 18 nitrogen and oxygen atoms in total. The van der Waals surface area contributed by atoms with Gasteiger partial charge in [0.15, 0.2) is 41.9 Å². The largest absolute Gasteiger partial charge is 0.472 e. The third-order valence-electron chi connectivity index (χ3n) is 7.53. The summed E-state index contributed by atoms with van der Waals surface area (Å²) in [6.07, 6.45) is -9.51. The lowest BCUT2D eigenvalue weighted by Crippen LogP contribution is -2.37. The van der Waals surface area contributed by atoms with Gasteiger partial charge in [-0.3, -0.25) is 22.4 Å². The van der Waals surface area contributed by atoms with E-state index in [1.54, 1.807) is 0 Å². The number of phosphoric acid groups is 1. The molecule has 9 unspecified atom stereocenters. The average Bonchev–Trinajstić information content (AvgIpc) is 3.73. The van der Waals surface area contributed by atoms with Gasteiger partial charge in [0, 0.05) is 6.20 Å². The van der Waals surface area contributed by atoms with Crippen LogP contribution >= 0.6 is 7.82 Å². The highest BCUT2D eigenvalue weighted by atomic mass is 32.2. The first-order chi connectivity index (χ1) is 20.9. The Hall–Kier alpha value is -3.43. The molecule has 7 rings (SSSR count). The van der Waals surface area contributed by atoms with E-state index in [-0.39, 0.29) is 33.8 Å². The van der Waals surface area contributed by atoms with E-state index in [0.717, 1.165) is 10.9 Å². The number of ether oxygens (including phenoxy) is 2. The van der Waals surface area contributed by atoms with Gasteiger partial charge in [-0.15, -0.1) is 0 Å². The van der Waals surface area contributed by atoms with Crippen LogP contribution < -0.4 is 11.5 Å². The molecule has 0 radical (unpaired) electrons. The Bertz CT molecular complexity index is 1900. The van der Waals surface area contributed by atoms with Crippen LogP contribution in [0.25, 0.3) is 22.3 Å². The molecule has 0 spiro atoms. The molecular formula is C22H24F2N9O9PS. The van der Waals surface area contributed by atoms with Crippen molar-refractivity contribution in [2.45, 2.75) is 55.6 Å². The number of pyridine rings is 1. The number of anilines is 2. The molecule has 3 saturated heterocycles. The molecule has 0 aromatic carbocycles. The third kappa shape index (κ3) is 4.98. The molecule has 0 amide bonds. The number of nitrogens with two attached hydrogens (primary N) is 2. The molecule has 5 N–H and O–H groups in total. The van der Waals surface area contributed by atoms with Gasteiger partial charge in [-0.1, -0.05) is 0 Å². The minimum Gasteiger partial charge on any atom is -0.397 e. The van der Waals surface area contributed by atoms with Gasteiger partial charge >= 0.3 is 7.82 Å². The third-order valence-corrected chi connectivity index (χ3v) is 9.76. The van der Waals surface area contributed by atoms with Crippen molar-refractivity contribution in [3.63, 3.8) is 0 Å². The summed E-state index contributed by atoms with van der Waals surface area (Å²) in [5.41, 5.74) is 12.6. The summed E-state index contributed by atoms with van der Waals surface area (Å²) in [5.74, 6) is -0.793. The maximum absolute atomic E-state index is 15.9. The van der Waals surface area contributed by atoms with Gasteiger partial charge in [0.1, 0.15) is 35.7 Å². The maximum atomic E-state index is 15.9. The first-order valence-electron chi connectivity index (χ1n) is 13.1. The fourth-order valence-corrected chi connectivity index (χ4v) is 7.56. The zero-order chi connectivity index (χ0) is 31.0. The van der Waals surface area contributed by atoms with Gasteiger partial charge in [-0.05, 0) is 12.5 Å². The number of hydrogen-bond donors (Lipinski definition) is 3. The van der Waals surface area contributed by atoms with Gasteiger partial charge in [-0.25, -0.2) is 38.3 Å². The number of phosphoric ester groups is 1. The smallest absolute Gasteiger partial charge is 0.397 e. The quantitative estimate of drug-likeness (QED) is 0.196. The Balaban J connectivity index is 1.20. The van der Waals surface area contributed by atoms with Crippen LogP contribution in [0.3, 0.4) is 0 Å². The molecule has 44 heavy (non-hydrogen) atoms. The molecule has 7 heterocycles. The van der Waals surface area contributed by atoms with E-state index in [1.807, 2.05) is 0 Å². The number of alkyl halides is 2. The molecule has 0 saturated carbocycles. The Labute approximate surface area is 246 Å². The highest BCUT2D eigenvalue weighted by molar-refractivity contribution is 7.86. The van der Waals surface area contributed by atoms with Gasteiger partial charge in [0.05, 0.1) is 36.8 Å². The van der Waals surface area contributed by atoms with Crippen molar-refractivity contribution >= 4 is 51.8 Å². The van der Waals surface area contributed by atoms with Crippen LogP contribution in [0.5, 0.6) is 0 Å². The summed E-state index contributed by atoms with van der Waals surface area (Å²) in [4.78, 5) is 30.9. The normalized spacial score (nSPS) is 36.1. The zero-order valence-corrected chi connectivity index (χ0v) is 23.9. The summed E-state index contributed by atoms with van der Waals surface area (Å²) in [6, 6.07) is 1.49. The number of imidazole rings is 2. The van der Waals surface area contributed by atoms with Crippen molar-refractivity contribution in [1.29, 1.82) is 0 Å². The van der Waals surface area contributed by atoms with Crippen molar-refractivity contribution in [2.24, 2.45) is 0 Å². The van der Waals surface area contributed by atoms with Gasteiger partial charge in [-0.2, -0.15) is 8.42 Å². The maximum Gasteiger partial charge on any atom is 0.472 e. The second-order valence-electron chi connectivity index (χ2n) is 10.3. The highest BCUT2D eigenvalue weighted by Crippen LogP contribution is 2.51. The standard InChI is InChI=1S/C22H24F2N9O9PS/c23-12-10-2-4-44(36,37)42-16-11(40-21(13(16)24)32-8-31-15-18(26)28-6-29-20(15)32)5-38-43(34,35)41-17(12)22(39-10)33-7-30-14-9(25)1-3-27-19(14)33/h1,3,6-8,10-13,16-17,21-22H,2,4-5H2,(H2,25,27)(H,34,35)(H2,26,28,29). The van der Waals surface area contributed by atoms with Crippen LogP contribution in [0.1, 0.15) is 18.9 Å². The lowest BCUT2D eigenvalue weighted by molar-refractivity contribution is -0.0556. The van der Waals surface area contributed by atoms with E-state index in [0.29, 0.717) is 0 Å². The summed E-state index contributed by atoms with van der Waals surface area (Å²) in [6.45, 7) is -0.890. The Kier molecular flexibility index (Phi) is 7.05. The minimum absolute atomic E-state index is 0.00880. The Morgan fingerprint density at radius 3 is 2.43 bits per heavy atom. The predicted octanol–water partition coefficient (Wildman–Crippen LogP) is 0.528. The lowest BCUT2D eigenvalue weighted by atomic mass is 10.1. The molecule has 4 aromatic rings. The second-order valence-corrected chi connectivity index (χ2v) is 13.4. The van der Waals surface area contributed by atoms with E-state index in [1.165, 1.54) is 29.5 Å². The number of halogens is 2. The fourth-order valence-electron chi connectivity index (χ4n) is 5.45. The monoisotopic (exact) mass is 659 g/mol. The summed E-state index contributed by atoms with van der Waals surface area (Å²) in [5, 5.41) is 0. The first-order valence-corrected chi connectivity index (χ1v) is 16.2. The fraction of sp³-hybridized carbons (Fsp3) is 0.500. The molecule has 0 aliphatic carbocycles. The molecule has 3 fully saturated rings. The summed E-state index contributed by atoms with van der Waals surface area (Å²) < 4.78 is 100. The van der Waals surface area contributed by atoms with Gasteiger partial charge in [0.2, 0.25) is 0 Å². The van der Waals surface area contributed by atoms with Crippen LogP contribution in [-0.4, -0.2) is 96.5 Å². The van der Waals surface area contributed by atoms with Crippen LogP contribution in [0, 0.1) is 0 Å². The molecule has 236 valence electrons. The van der Waals surface area contributed by atoms with E-state index in [4.69, 9.17) is 34.2 Å². The number of fused-ring (bicyclic) bond motifs is 5. The van der Waals surface area contributed by atoms with Crippen molar-refractivity contribution in [3.8, 4) is 0 Å². The SMILES string of the molecule is Nc1ncnc2c1ncn2C1OC2COP(=O)(O)OC3C(F)C(CCS(=O)(=O)OC2C1F)OC3n1cnc2c(N)ccnc21. The van der Waals surface area contributed by atoms with Gasteiger partial charge in [0.25, 0.3) is 10.1 Å². The molecule has 9 atom stereocenters. The van der Waals surface area contributed by atoms with Crippen LogP contribution in [-0.2, 0) is 37.4 Å². The second kappa shape index (κ2) is 10.6. The van der Waals surface area contributed by atoms with Crippen LogP contribution in [0.2, 0.25) is 0 Å². The van der Waals surface area contributed by atoms with Crippen molar-refractivity contribution in [2.75, 3.05) is 23.8 Å². The van der Waals surface area contributed by atoms with Gasteiger partial charge < -0.3 is 25.8 Å². The molecule has 22 heteroatoms. The van der Waals surface area contributed by atoms with E-state index in [9.17, 15) is 17.9 Å². The van der Waals surface area contributed by atoms with E-state index >= 15 is 8.78 Å². The average molecular weight is 660 g/mol. The zero-order valence-electron chi connectivity index (χ0n) is 22.2. The number of nitrogen functional groups attached to an aromatic ring is 2. The molecule has 4 aromatic heterocycles. The van der Waals surface area contributed by atoms with E-state index in [2.05, 4.69) is 24.9 Å². The number of hydrogen-bond acceptors (Lipinski definition) is 15. The molecule has 3 aliphatic rings. The summed E-state index contributed by atoms with van der Waals surface area (Å²) in [7, 11) is -9.69. The van der Waals surface area contributed by atoms with Crippen LogP contribution in [0.15, 0.2) is 31.2 Å². The van der Waals surface area contributed by atoms with Crippen molar-refractivity contribution in [1.82, 2.24) is 34.1 Å². The predicted molar refractivity (Wildman–Crippen MR) is 143 cm³/mol. The molecular weight excluding hydrogens is 635 g/mol. The van der Waals surface area contributed by atoms with Crippen molar-refractivity contribution < 1.29 is 49.4 Å².